The molecule has 2 N–H and O–H groups in total. The summed E-state index contributed by atoms with van der Waals surface area (Å²) in [4.78, 5) is 0. The topological polar surface area (TPSA) is 24.1 Å². The second-order valence-electron chi connectivity index (χ2n) is 20.3. The molecule has 0 aromatic heterocycles. The van der Waals surface area contributed by atoms with Gasteiger partial charge in [-0.25, -0.2) is 0 Å². The van der Waals surface area contributed by atoms with E-state index in [2.05, 4.69) is 302 Å². The van der Waals surface area contributed by atoms with Gasteiger partial charge in [0.1, 0.15) is 5.66 Å². The first-order chi connectivity index (χ1) is 38.5. The van der Waals surface area contributed by atoms with E-state index < -0.39 is 11.2 Å². The van der Waals surface area contributed by atoms with Gasteiger partial charge in [-0.05, 0) is 99.9 Å². The van der Waals surface area contributed by atoms with Crippen molar-refractivity contribution in [2.75, 3.05) is 0 Å². The lowest BCUT2D eigenvalue weighted by Crippen LogP contribution is -2.64. The van der Waals surface area contributed by atoms with Crippen LogP contribution in [0.5, 0.6) is 0 Å². The smallest absolute Gasteiger partial charge is 0.142 e. The molecule has 2 atom stereocenters. The molecule has 0 bridgehead atoms. The number of hydrogen-bond acceptors (Lipinski definition) is 2. The average Bonchev–Trinajstić information content (AvgIpc) is 3.59. The SMILES string of the molecule is Clc1c2ccccc2c(-c2ccc(C3=CC(c4ccc(-c5ccccc5)cc4)(c4ccc(-c5c6ccccc6c(Cl)c6ccccc56)cc4)NC(c4ccccc4)(c4ccc(-c5ccccc5)cc4)N3)cc2)c2ccccc12. The first-order valence-corrected chi connectivity index (χ1v) is 27.3. The highest BCUT2D eigenvalue weighted by atomic mass is 35.5. The third-order valence-electron chi connectivity index (χ3n) is 16.0. The van der Waals surface area contributed by atoms with E-state index in [1.54, 1.807) is 0 Å². The van der Waals surface area contributed by atoms with Crippen molar-refractivity contribution in [1.29, 1.82) is 0 Å². The number of halogens is 2. The Kier molecular flexibility index (Phi) is 11.9. The van der Waals surface area contributed by atoms with Crippen molar-refractivity contribution < 1.29 is 0 Å². The van der Waals surface area contributed by atoms with Crippen molar-refractivity contribution in [2.24, 2.45) is 0 Å². The lowest BCUT2D eigenvalue weighted by Gasteiger charge is -2.50. The number of hydrogen-bond donors (Lipinski definition) is 2. The molecule has 0 fully saturated rings. The molecule has 1 heterocycles. The quantitative estimate of drug-likeness (QED) is 0.141. The van der Waals surface area contributed by atoms with E-state index in [1.807, 2.05) is 0 Å². The van der Waals surface area contributed by atoms with Crippen LogP contribution < -0.4 is 10.6 Å². The standard InChI is InChI=1S/C74H50Cl2N2/c75-71-64-28-14-10-24-60(64)69(61-25-11-15-29-65(61)71)54-34-32-53(33-35-54)68-48-73(56-42-36-51(37-43-56)49-18-4-1-5-19-49,57-44-40-55(41-45-57)70-62-26-12-16-30-66(62)72(76)67-31-17-13-27-63(67)70)78-74(77-68,58-22-8-3-9-23-58)59-46-38-52(39-47-59)50-20-6-2-7-21-50/h1-48,77-78H. The maximum atomic E-state index is 7.19. The highest BCUT2D eigenvalue weighted by Gasteiger charge is 2.48. The van der Waals surface area contributed by atoms with E-state index in [1.165, 1.54) is 5.56 Å². The van der Waals surface area contributed by atoms with Crippen molar-refractivity contribution in [3.8, 4) is 44.5 Å². The summed E-state index contributed by atoms with van der Waals surface area (Å²) >= 11 is 14.4. The van der Waals surface area contributed by atoms with E-state index in [0.29, 0.717) is 0 Å². The minimum absolute atomic E-state index is 0.771. The van der Waals surface area contributed by atoms with Gasteiger partial charge in [-0.1, -0.05) is 308 Å². The molecule has 13 aromatic carbocycles. The maximum absolute atomic E-state index is 7.19. The molecule has 78 heavy (non-hydrogen) atoms. The lowest BCUT2D eigenvalue weighted by atomic mass is 9.75. The van der Waals surface area contributed by atoms with Crippen LogP contribution in [0.1, 0.15) is 27.8 Å². The molecule has 0 aliphatic carbocycles. The highest BCUT2D eigenvalue weighted by Crippen LogP contribution is 2.48. The van der Waals surface area contributed by atoms with Crippen LogP contribution in [-0.2, 0) is 11.2 Å². The summed E-state index contributed by atoms with van der Waals surface area (Å²) in [6, 6.07) is 102. The first kappa shape index (κ1) is 47.4. The van der Waals surface area contributed by atoms with Gasteiger partial charge < -0.3 is 5.32 Å². The molecule has 2 unspecified atom stereocenters. The van der Waals surface area contributed by atoms with Crippen molar-refractivity contribution >= 4 is 72.0 Å². The molecule has 370 valence electrons. The molecule has 14 rings (SSSR count). The summed E-state index contributed by atoms with van der Waals surface area (Å²) in [7, 11) is 0. The Bertz CT molecular complexity index is 4290. The molecule has 1 aliphatic heterocycles. The van der Waals surface area contributed by atoms with Crippen LogP contribution in [0.2, 0.25) is 10.0 Å². The largest absolute Gasteiger partial charge is 0.359 e. The fourth-order valence-corrected chi connectivity index (χ4v) is 12.8. The van der Waals surface area contributed by atoms with Crippen molar-refractivity contribution in [1.82, 2.24) is 10.6 Å². The second-order valence-corrected chi connectivity index (χ2v) is 21.1. The van der Waals surface area contributed by atoms with E-state index in [4.69, 9.17) is 23.2 Å². The second kappa shape index (κ2) is 19.5. The summed E-state index contributed by atoms with van der Waals surface area (Å²) < 4.78 is 0. The van der Waals surface area contributed by atoms with Crippen LogP contribution >= 0.6 is 23.2 Å². The molecule has 13 aromatic rings. The Morgan fingerprint density at radius 2 is 0.526 bits per heavy atom. The van der Waals surface area contributed by atoms with Gasteiger partial charge in [0.05, 0.1) is 15.6 Å². The Morgan fingerprint density at radius 3 is 0.923 bits per heavy atom. The molecule has 2 nitrogen and oxygen atoms in total. The molecule has 0 saturated carbocycles. The Labute approximate surface area is 464 Å². The van der Waals surface area contributed by atoms with E-state index in [-0.39, 0.29) is 0 Å². The molecule has 0 saturated heterocycles. The number of benzene rings is 13. The monoisotopic (exact) mass is 1040 g/mol. The van der Waals surface area contributed by atoms with Crippen molar-refractivity contribution in [2.45, 2.75) is 11.2 Å². The van der Waals surface area contributed by atoms with Crippen LogP contribution in [0.3, 0.4) is 0 Å². The predicted molar refractivity (Wildman–Crippen MR) is 330 cm³/mol. The van der Waals surface area contributed by atoms with Crippen LogP contribution in [0.15, 0.2) is 291 Å². The van der Waals surface area contributed by atoms with Crippen molar-refractivity contribution in [3.05, 3.63) is 329 Å². The van der Waals surface area contributed by atoms with Crippen LogP contribution in [0.25, 0.3) is 93.3 Å². The zero-order valence-corrected chi connectivity index (χ0v) is 44.0. The number of nitrogens with one attached hydrogen (secondary N) is 2. The van der Waals surface area contributed by atoms with E-state index in [9.17, 15) is 0 Å². The first-order valence-electron chi connectivity index (χ1n) is 26.5. The summed E-state index contributed by atoms with van der Waals surface area (Å²) in [6.45, 7) is 0. The summed E-state index contributed by atoms with van der Waals surface area (Å²) in [5.41, 5.74) is 13.6. The van der Waals surface area contributed by atoms with Gasteiger partial charge in [0.2, 0.25) is 0 Å². The molecular formula is C74H50Cl2N2. The zero-order chi connectivity index (χ0) is 52.2. The molecule has 4 heteroatoms. The molecule has 0 spiro atoms. The van der Waals surface area contributed by atoms with Crippen molar-refractivity contribution in [3.63, 3.8) is 0 Å². The van der Waals surface area contributed by atoms with E-state index >= 15 is 0 Å². The summed E-state index contributed by atoms with van der Waals surface area (Å²) in [6.07, 6.45) is 2.41. The average molecular weight is 1040 g/mol. The molecule has 1 aliphatic rings. The van der Waals surface area contributed by atoms with Crippen LogP contribution in [0.4, 0.5) is 0 Å². The zero-order valence-electron chi connectivity index (χ0n) is 42.5. The Morgan fingerprint density at radius 1 is 0.244 bits per heavy atom. The third kappa shape index (κ3) is 7.99. The minimum atomic E-state index is -0.971. The fraction of sp³-hybridized carbons (Fsp3) is 0.0270. The summed E-state index contributed by atoms with van der Waals surface area (Å²) in [5, 5.41) is 18.9. The Hall–Kier alpha value is -9.02. The Balaban J connectivity index is 1.01. The van der Waals surface area contributed by atoms with Gasteiger partial charge in [0.25, 0.3) is 0 Å². The molecular weight excluding hydrogens is 988 g/mol. The van der Waals surface area contributed by atoms with Gasteiger partial charge in [0.15, 0.2) is 0 Å². The predicted octanol–water partition coefficient (Wildman–Crippen LogP) is 19.7. The number of rotatable bonds is 9. The van der Waals surface area contributed by atoms with Gasteiger partial charge in [-0.3, -0.25) is 5.32 Å². The normalized spacial score (nSPS) is 16.3. The van der Waals surface area contributed by atoms with Gasteiger partial charge in [-0.15, -0.1) is 0 Å². The number of fused-ring (bicyclic) bond motifs is 4. The lowest BCUT2D eigenvalue weighted by molar-refractivity contribution is 0.273. The summed E-state index contributed by atoms with van der Waals surface area (Å²) in [5.74, 6) is 0. The van der Waals surface area contributed by atoms with Crippen LogP contribution in [0, 0.1) is 0 Å². The van der Waals surface area contributed by atoms with Gasteiger partial charge >= 0.3 is 0 Å². The minimum Gasteiger partial charge on any atom is -0.359 e. The van der Waals surface area contributed by atoms with Crippen LogP contribution in [-0.4, -0.2) is 0 Å². The molecule has 0 amide bonds. The maximum Gasteiger partial charge on any atom is 0.142 e. The fourth-order valence-electron chi connectivity index (χ4n) is 12.2. The van der Waals surface area contributed by atoms with Gasteiger partial charge in [0, 0.05) is 27.2 Å². The highest BCUT2D eigenvalue weighted by molar-refractivity contribution is 6.43. The van der Waals surface area contributed by atoms with Gasteiger partial charge in [-0.2, -0.15) is 0 Å². The van der Waals surface area contributed by atoms with E-state index in [0.717, 1.165) is 126 Å². The molecule has 0 radical (unpaired) electrons. The third-order valence-corrected chi connectivity index (χ3v) is 16.8.